The van der Waals surface area contributed by atoms with Crippen molar-refractivity contribution >= 4 is 13.7 Å². The van der Waals surface area contributed by atoms with Crippen molar-refractivity contribution < 1.29 is 0 Å². The first-order valence-electron chi connectivity index (χ1n) is 7.00. The number of aliphatic imine (C=N–C) groups is 1. The molecule has 0 aromatic carbocycles. The number of rotatable bonds is 0. The Balaban J connectivity index is 2.13. The second-order valence-corrected chi connectivity index (χ2v) is 6.24. The smallest absolute Gasteiger partial charge is 0.102 e. The van der Waals surface area contributed by atoms with Crippen LogP contribution in [0.15, 0.2) is 4.99 Å². The zero-order chi connectivity index (χ0) is 12.5. The Morgan fingerprint density at radius 3 is 2.76 bits per heavy atom. The molecule has 2 fully saturated rings. The first kappa shape index (κ1) is 13.0. The lowest BCUT2D eigenvalue weighted by Crippen LogP contribution is -2.44. The molecule has 2 rings (SSSR count). The highest BCUT2D eigenvalue weighted by atomic mass is 15.2. The topological polar surface area (TPSA) is 15.6 Å². The van der Waals surface area contributed by atoms with E-state index in [-0.39, 0.29) is 5.31 Å². The average molecular weight is 232 g/mol. The summed E-state index contributed by atoms with van der Waals surface area (Å²) in [5, 5.41) is 0.0415. The van der Waals surface area contributed by atoms with Crippen LogP contribution in [-0.2, 0) is 0 Å². The third-order valence-corrected chi connectivity index (χ3v) is 4.71. The standard InChI is InChI=1S/C14H25BN2/c1-14(15)8-4-5-11-7-10-17(3)13(16-2)12(11)6-9-14/h11-12H,4-10H2,1-3H3. The molecule has 0 amide bonds. The summed E-state index contributed by atoms with van der Waals surface area (Å²) in [6.07, 6.45) is 7.50. The number of fused-ring (bicyclic) bond motifs is 1. The van der Waals surface area contributed by atoms with Crippen molar-refractivity contribution in [1.82, 2.24) is 4.90 Å². The fraction of sp³-hybridized carbons (Fsp3) is 0.929. The van der Waals surface area contributed by atoms with E-state index >= 15 is 0 Å². The van der Waals surface area contributed by atoms with E-state index < -0.39 is 0 Å². The summed E-state index contributed by atoms with van der Waals surface area (Å²) in [6, 6.07) is 0. The van der Waals surface area contributed by atoms with Gasteiger partial charge in [0.1, 0.15) is 5.84 Å². The van der Waals surface area contributed by atoms with Gasteiger partial charge in [-0.15, -0.1) is 0 Å². The molecule has 2 radical (unpaired) electrons. The maximum absolute atomic E-state index is 6.34. The Kier molecular flexibility index (Phi) is 3.84. The Hall–Kier alpha value is -0.465. The number of hydrogen-bond acceptors (Lipinski definition) is 1. The molecule has 2 aliphatic rings. The largest absolute Gasteiger partial charge is 0.363 e. The molecule has 1 saturated heterocycles. The van der Waals surface area contributed by atoms with Gasteiger partial charge in [0.2, 0.25) is 0 Å². The molecule has 2 nitrogen and oxygen atoms in total. The van der Waals surface area contributed by atoms with Gasteiger partial charge in [-0.1, -0.05) is 31.5 Å². The predicted octanol–water partition coefficient (Wildman–Crippen LogP) is 2.89. The Bertz CT molecular complexity index is 299. The van der Waals surface area contributed by atoms with E-state index in [1.165, 1.54) is 44.5 Å². The van der Waals surface area contributed by atoms with Gasteiger partial charge >= 0.3 is 0 Å². The van der Waals surface area contributed by atoms with E-state index in [1.54, 1.807) is 0 Å². The van der Waals surface area contributed by atoms with Gasteiger partial charge in [-0.05, 0) is 25.2 Å². The fourth-order valence-corrected chi connectivity index (χ4v) is 3.59. The molecular weight excluding hydrogens is 207 g/mol. The van der Waals surface area contributed by atoms with Crippen molar-refractivity contribution in [2.45, 2.75) is 50.8 Å². The molecule has 0 aromatic heterocycles. The minimum Gasteiger partial charge on any atom is -0.363 e. The molecule has 17 heavy (non-hydrogen) atoms. The van der Waals surface area contributed by atoms with E-state index in [9.17, 15) is 0 Å². The van der Waals surface area contributed by atoms with E-state index in [4.69, 9.17) is 7.85 Å². The fourth-order valence-electron chi connectivity index (χ4n) is 3.59. The Labute approximate surface area is 107 Å². The number of hydrogen-bond donors (Lipinski definition) is 0. The monoisotopic (exact) mass is 232 g/mol. The summed E-state index contributed by atoms with van der Waals surface area (Å²) in [7, 11) is 10.5. The molecule has 1 saturated carbocycles. The van der Waals surface area contributed by atoms with Crippen LogP contribution in [0.4, 0.5) is 0 Å². The molecule has 1 aliphatic carbocycles. The molecule has 1 aliphatic heterocycles. The van der Waals surface area contributed by atoms with E-state index in [0.29, 0.717) is 5.92 Å². The van der Waals surface area contributed by atoms with Gasteiger partial charge in [-0.2, -0.15) is 0 Å². The Morgan fingerprint density at radius 2 is 2.06 bits per heavy atom. The lowest BCUT2D eigenvalue weighted by molar-refractivity contribution is 0.221. The third kappa shape index (κ3) is 2.86. The first-order chi connectivity index (χ1) is 8.03. The molecular formula is C14H25BN2. The van der Waals surface area contributed by atoms with E-state index in [0.717, 1.165) is 12.3 Å². The van der Waals surface area contributed by atoms with Crippen molar-refractivity contribution in [3.05, 3.63) is 0 Å². The van der Waals surface area contributed by atoms with Crippen molar-refractivity contribution in [2.75, 3.05) is 20.6 Å². The highest BCUT2D eigenvalue weighted by molar-refractivity contribution is 6.14. The lowest BCUT2D eigenvalue weighted by Gasteiger charge is -2.42. The van der Waals surface area contributed by atoms with Crippen LogP contribution in [0.5, 0.6) is 0 Å². The molecule has 1 heterocycles. The quantitative estimate of drug-likeness (QED) is 0.586. The zero-order valence-corrected chi connectivity index (χ0v) is 11.6. The normalized spacial score (nSPS) is 41.8. The maximum Gasteiger partial charge on any atom is 0.102 e. The number of likely N-dealkylation sites (tertiary alicyclic amines) is 1. The molecule has 3 heteroatoms. The van der Waals surface area contributed by atoms with Gasteiger partial charge in [0.15, 0.2) is 0 Å². The van der Waals surface area contributed by atoms with Crippen LogP contribution in [-0.4, -0.2) is 39.2 Å². The first-order valence-corrected chi connectivity index (χ1v) is 7.00. The van der Waals surface area contributed by atoms with Gasteiger partial charge in [-0.25, -0.2) is 0 Å². The summed E-state index contributed by atoms with van der Waals surface area (Å²) < 4.78 is 0. The molecule has 94 valence electrons. The van der Waals surface area contributed by atoms with Crippen LogP contribution >= 0.6 is 0 Å². The molecule has 0 aromatic rings. The van der Waals surface area contributed by atoms with Crippen LogP contribution < -0.4 is 0 Å². The summed E-state index contributed by atoms with van der Waals surface area (Å²) in [5.74, 6) is 2.82. The van der Waals surface area contributed by atoms with Gasteiger partial charge < -0.3 is 4.90 Å². The van der Waals surface area contributed by atoms with E-state index in [2.05, 4.69) is 23.9 Å². The number of amidine groups is 1. The lowest BCUT2D eigenvalue weighted by atomic mass is 9.60. The van der Waals surface area contributed by atoms with E-state index in [1.807, 2.05) is 7.05 Å². The SMILES string of the molecule is [B]C1(C)CCCC2CCN(C)C(=NC)C2CC1. The van der Waals surface area contributed by atoms with Crippen molar-refractivity contribution in [1.29, 1.82) is 0 Å². The van der Waals surface area contributed by atoms with Crippen molar-refractivity contribution in [2.24, 2.45) is 16.8 Å². The van der Waals surface area contributed by atoms with Crippen LogP contribution in [0.1, 0.15) is 45.4 Å². The van der Waals surface area contributed by atoms with Crippen LogP contribution in [0, 0.1) is 11.8 Å². The summed E-state index contributed by atoms with van der Waals surface area (Å²) >= 11 is 0. The highest BCUT2D eigenvalue weighted by Gasteiger charge is 2.35. The molecule has 0 bridgehead atoms. The average Bonchev–Trinajstić information content (AvgIpc) is 2.26. The highest BCUT2D eigenvalue weighted by Crippen LogP contribution is 2.43. The molecule has 0 N–H and O–H groups in total. The molecule has 3 unspecified atom stereocenters. The summed E-state index contributed by atoms with van der Waals surface area (Å²) in [6.45, 7) is 3.39. The van der Waals surface area contributed by atoms with Crippen LogP contribution in [0.3, 0.4) is 0 Å². The third-order valence-electron chi connectivity index (χ3n) is 4.71. The summed E-state index contributed by atoms with van der Waals surface area (Å²) in [4.78, 5) is 6.88. The Morgan fingerprint density at radius 1 is 1.29 bits per heavy atom. The van der Waals surface area contributed by atoms with Crippen molar-refractivity contribution in [3.8, 4) is 0 Å². The molecule has 0 spiro atoms. The maximum atomic E-state index is 6.34. The number of nitrogens with zero attached hydrogens (tertiary/aromatic N) is 2. The zero-order valence-electron chi connectivity index (χ0n) is 11.6. The summed E-state index contributed by atoms with van der Waals surface area (Å²) in [5.41, 5.74) is 0. The second-order valence-electron chi connectivity index (χ2n) is 6.24. The van der Waals surface area contributed by atoms with Crippen molar-refractivity contribution in [3.63, 3.8) is 0 Å². The van der Waals surface area contributed by atoms with Crippen LogP contribution in [0.2, 0.25) is 5.31 Å². The number of piperidine rings is 1. The van der Waals surface area contributed by atoms with Gasteiger partial charge in [-0.3, -0.25) is 4.99 Å². The minimum absolute atomic E-state index is 0.0415. The minimum atomic E-state index is 0.0415. The van der Waals surface area contributed by atoms with Gasteiger partial charge in [0, 0.05) is 26.6 Å². The predicted molar refractivity (Wildman–Crippen MR) is 74.8 cm³/mol. The van der Waals surface area contributed by atoms with Gasteiger partial charge in [0.05, 0.1) is 7.85 Å². The van der Waals surface area contributed by atoms with Crippen LogP contribution in [0.25, 0.3) is 0 Å². The molecule has 3 atom stereocenters. The second kappa shape index (κ2) is 5.03. The van der Waals surface area contributed by atoms with Gasteiger partial charge in [0.25, 0.3) is 0 Å².